The molecule has 0 bridgehead atoms. The summed E-state index contributed by atoms with van der Waals surface area (Å²) in [5, 5.41) is 6.77. The van der Waals surface area contributed by atoms with Gasteiger partial charge in [-0.3, -0.25) is 0 Å². The molecule has 0 atom stereocenters. The number of fused-ring (bicyclic) bond motifs is 1. The number of furan rings is 1. The summed E-state index contributed by atoms with van der Waals surface area (Å²) >= 11 is 6.06. The molecule has 0 radical (unpaired) electrons. The molecule has 3 aromatic heterocycles. The van der Waals surface area contributed by atoms with Gasteiger partial charge in [0.2, 0.25) is 0 Å². The van der Waals surface area contributed by atoms with Gasteiger partial charge in [0, 0.05) is 34.7 Å². The van der Waals surface area contributed by atoms with Gasteiger partial charge >= 0.3 is 0 Å². The highest BCUT2D eigenvalue weighted by Crippen LogP contribution is 2.33. The molecule has 0 spiro atoms. The summed E-state index contributed by atoms with van der Waals surface area (Å²) in [6, 6.07) is 21.9. The Kier molecular flexibility index (Phi) is 3.66. The van der Waals surface area contributed by atoms with E-state index < -0.39 is 0 Å². The molecule has 0 amide bonds. The summed E-state index contributed by atoms with van der Waals surface area (Å²) in [4.78, 5) is 0. The molecule has 0 saturated heterocycles. The van der Waals surface area contributed by atoms with Crippen LogP contribution >= 0.6 is 11.6 Å². The van der Waals surface area contributed by atoms with E-state index in [1.54, 1.807) is 6.26 Å². The van der Waals surface area contributed by atoms with E-state index in [0.717, 1.165) is 28.4 Å². The number of para-hydroxylation sites is 1. The lowest BCUT2D eigenvalue weighted by Gasteiger charge is -2.05. The number of aromatic nitrogens is 3. The van der Waals surface area contributed by atoms with Gasteiger partial charge in [0.1, 0.15) is 5.69 Å². The predicted molar refractivity (Wildman–Crippen MR) is 108 cm³/mol. The fraction of sp³-hybridized carbons (Fsp3) is 0.0455. The van der Waals surface area contributed by atoms with E-state index >= 15 is 0 Å². The van der Waals surface area contributed by atoms with Crippen LogP contribution in [0.5, 0.6) is 0 Å². The van der Waals surface area contributed by atoms with Crippen LogP contribution in [0.25, 0.3) is 39.3 Å². The van der Waals surface area contributed by atoms with Crippen molar-refractivity contribution in [3.05, 3.63) is 84.2 Å². The third kappa shape index (κ3) is 2.66. The van der Waals surface area contributed by atoms with Gasteiger partial charge in [-0.2, -0.15) is 5.10 Å². The number of rotatable bonds is 3. The molecule has 0 N–H and O–H groups in total. The second-order valence-electron chi connectivity index (χ2n) is 6.45. The van der Waals surface area contributed by atoms with Gasteiger partial charge in [0.05, 0.1) is 17.6 Å². The van der Waals surface area contributed by atoms with Crippen molar-refractivity contribution < 1.29 is 4.42 Å². The largest absolute Gasteiger partial charge is 0.463 e. The second kappa shape index (κ2) is 6.18. The quantitative estimate of drug-likeness (QED) is 0.392. The molecule has 0 aliphatic carbocycles. The van der Waals surface area contributed by atoms with Crippen LogP contribution in [0.15, 0.2) is 83.6 Å². The van der Waals surface area contributed by atoms with Crippen molar-refractivity contribution in [1.29, 1.82) is 0 Å². The van der Waals surface area contributed by atoms with Crippen LogP contribution in [0.3, 0.4) is 0 Å². The highest BCUT2D eigenvalue weighted by Gasteiger charge is 2.17. The lowest BCUT2D eigenvalue weighted by Crippen LogP contribution is -1.98. The van der Waals surface area contributed by atoms with Gasteiger partial charge in [-0.25, -0.2) is 4.68 Å². The first kappa shape index (κ1) is 16.0. The van der Waals surface area contributed by atoms with E-state index in [2.05, 4.69) is 42.1 Å². The Morgan fingerprint density at radius 3 is 2.56 bits per heavy atom. The number of benzene rings is 2. The Morgan fingerprint density at radius 1 is 0.963 bits per heavy atom. The van der Waals surface area contributed by atoms with Crippen LogP contribution in [0.4, 0.5) is 0 Å². The molecule has 132 valence electrons. The lowest BCUT2D eigenvalue weighted by molar-refractivity contribution is 0.577. The number of hydrogen-bond donors (Lipinski definition) is 0. The van der Waals surface area contributed by atoms with Gasteiger partial charge in [-0.1, -0.05) is 29.8 Å². The molecule has 4 nitrogen and oxygen atoms in total. The average molecular weight is 374 g/mol. The minimum absolute atomic E-state index is 0.694. The van der Waals surface area contributed by atoms with Gasteiger partial charge in [0.25, 0.3) is 0 Å². The van der Waals surface area contributed by atoms with Crippen molar-refractivity contribution in [3.63, 3.8) is 0 Å². The fourth-order valence-corrected chi connectivity index (χ4v) is 3.56. The molecule has 5 rings (SSSR count). The zero-order valence-corrected chi connectivity index (χ0v) is 15.4. The van der Waals surface area contributed by atoms with Crippen LogP contribution in [-0.2, 0) is 7.05 Å². The van der Waals surface area contributed by atoms with Gasteiger partial charge < -0.3 is 8.98 Å². The minimum Gasteiger partial charge on any atom is -0.463 e. The molecule has 27 heavy (non-hydrogen) atoms. The van der Waals surface area contributed by atoms with E-state index in [0.29, 0.717) is 5.02 Å². The second-order valence-corrected chi connectivity index (χ2v) is 6.89. The molecule has 5 heteroatoms. The van der Waals surface area contributed by atoms with Crippen molar-refractivity contribution in [3.8, 4) is 28.4 Å². The first-order valence-electron chi connectivity index (χ1n) is 8.65. The van der Waals surface area contributed by atoms with Crippen LogP contribution in [0.1, 0.15) is 0 Å². The van der Waals surface area contributed by atoms with Crippen LogP contribution in [0.2, 0.25) is 5.02 Å². The Bertz CT molecular complexity index is 1230. The van der Waals surface area contributed by atoms with E-state index in [1.165, 1.54) is 10.9 Å². The number of hydrogen-bond acceptors (Lipinski definition) is 2. The molecule has 3 heterocycles. The molecule has 2 aromatic carbocycles. The van der Waals surface area contributed by atoms with E-state index in [1.807, 2.05) is 47.1 Å². The maximum atomic E-state index is 6.06. The van der Waals surface area contributed by atoms with Gasteiger partial charge in [-0.15, -0.1) is 0 Å². The summed E-state index contributed by atoms with van der Waals surface area (Å²) in [6.45, 7) is 0. The number of aryl methyl sites for hydroxylation is 1. The first-order chi connectivity index (χ1) is 13.2. The molecular formula is C22H16ClN3O. The fourth-order valence-electron chi connectivity index (χ4n) is 3.44. The Hall–Kier alpha value is -3.24. The summed E-state index contributed by atoms with van der Waals surface area (Å²) in [5.41, 5.74) is 4.98. The minimum atomic E-state index is 0.694. The monoisotopic (exact) mass is 373 g/mol. The highest BCUT2D eigenvalue weighted by molar-refractivity contribution is 6.30. The average Bonchev–Trinajstić information content (AvgIpc) is 3.41. The SMILES string of the molecule is Cn1cc(-c2cc(-c3ccco3)n(-c3ccc(Cl)cc3)n2)c2ccccc21. The van der Waals surface area contributed by atoms with Crippen LogP contribution in [0, 0.1) is 0 Å². The number of nitrogens with zero attached hydrogens (tertiary/aromatic N) is 3. The summed E-state index contributed by atoms with van der Waals surface area (Å²) in [7, 11) is 2.05. The van der Waals surface area contributed by atoms with E-state index in [9.17, 15) is 0 Å². The molecule has 0 aliphatic heterocycles. The van der Waals surface area contributed by atoms with Crippen molar-refractivity contribution in [2.75, 3.05) is 0 Å². The molecule has 0 fully saturated rings. The predicted octanol–water partition coefficient (Wildman–Crippen LogP) is 5.94. The smallest absolute Gasteiger partial charge is 0.152 e. The number of halogens is 1. The third-order valence-electron chi connectivity index (χ3n) is 4.73. The topological polar surface area (TPSA) is 35.9 Å². The molecule has 0 aliphatic rings. The summed E-state index contributed by atoms with van der Waals surface area (Å²) in [6.07, 6.45) is 3.79. The normalized spacial score (nSPS) is 11.3. The summed E-state index contributed by atoms with van der Waals surface area (Å²) < 4.78 is 9.67. The van der Waals surface area contributed by atoms with Gasteiger partial charge in [-0.05, 0) is 48.5 Å². The zero-order valence-electron chi connectivity index (χ0n) is 14.6. The standard InChI is InChI=1S/C22H16ClN3O/c1-25-14-18(17-5-2-3-6-20(17)25)19-13-21(22-7-4-12-27-22)26(24-19)16-10-8-15(23)9-11-16/h2-14H,1H3. The van der Waals surface area contributed by atoms with Crippen molar-refractivity contribution >= 4 is 22.5 Å². The Labute approximate surface area is 161 Å². The van der Waals surface area contributed by atoms with E-state index in [4.69, 9.17) is 21.1 Å². The Morgan fingerprint density at radius 2 is 1.78 bits per heavy atom. The molecule has 0 saturated carbocycles. The molecule has 5 aromatic rings. The summed E-state index contributed by atoms with van der Waals surface area (Å²) in [5.74, 6) is 0.768. The molecular weight excluding hydrogens is 358 g/mol. The first-order valence-corrected chi connectivity index (χ1v) is 9.03. The van der Waals surface area contributed by atoms with Gasteiger partial charge in [0.15, 0.2) is 5.76 Å². The maximum absolute atomic E-state index is 6.06. The molecule has 0 unspecified atom stereocenters. The third-order valence-corrected chi connectivity index (χ3v) is 4.98. The zero-order chi connectivity index (χ0) is 18.4. The Balaban J connectivity index is 1.75. The van der Waals surface area contributed by atoms with E-state index in [-0.39, 0.29) is 0 Å². The van der Waals surface area contributed by atoms with Crippen molar-refractivity contribution in [2.45, 2.75) is 0 Å². The van der Waals surface area contributed by atoms with Crippen molar-refractivity contribution in [1.82, 2.24) is 14.3 Å². The highest BCUT2D eigenvalue weighted by atomic mass is 35.5. The van der Waals surface area contributed by atoms with Crippen LogP contribution < -0.4 is 0 Å². The van der Waals surface area contributed by atoms with Crippen molar-refractivity contribution in [2.24, 2.45) is 7.05 Å². The van der Waals surface area contributed by atoms with Crippen LogP contribution in [-0.4, -0.2) is 14.3 Å². The lowest BCUT2D eigenvalue weighted by atomic mass is 10.1. The maximum Gasteiger partial charge on any atom is 0.152 e.